The van der Waals surface area contributed by atoms with Crippen molar-refractivity contribution in [2.75, 3.05) is 32.6 Å². The van der Waals surface area contributed by atoms with Crippen LogP contribution in [0.25, 0.3) is 0 Å². The molecule has 0 heterocycles. The first-order valence-corrected chi connectivity index (χ1v) is 10.9. The lowest BCUT2D eigenvalue weighted by Gasteiger charge is -2.32. The third kappa shape index (κ3) is 8.09. The Bertz CT molecular complexity index is 577. The van der Waals surface area contributed by atoms with E-state index < -0.39 is 0 Å². The van der Waals surface area contributed by atoms with Crippen molar-refractivity contribution in [3.05, 3.63) is 24.3 Å². The molecule has 1 N–H and O–H groups in total. The van der Waals surface area contributed by atoms with Crippen LogP contribution in [0.4, 0.5) is 10.5 Å². The zero-order chi connectivity index (χ0) is 20.2. The molecule has 1 amide bonds. The van der Waals surface area contributed by atoms with Crippen molar-refractivity contribution in [3.63, 3.8) is 0 Å². The predicted octanol–water partition coefficient (Wildman–Crippen LogP) is 5.70. The summed E-state index contributed by atoms with van der Waals surface area (Å²) in [4.78, 5) is 14.7. The van der Waals surface area contributed by atoms with Gasteiger partial charge in [-0.1, -0.05) is 51.2 Å². The van der Waals surface area contributed by atoms with Gasteiger partial charge in [0.1, 0.15) is 11.9 Å². The van der Waals surface area contributed by atoms with Gasteiger partial charge in [-0.3, -0.25) is 5.32 Å². The second kappa shape index (κ2) is 12.7. The van der Waals surface area contributed by atoms with E-state index >= 15 is 0 Å². The number of nitrogens with zero attached hydrogens (tertiary/aromatic N) is 1. The molecule has 0 spiro atoms. The molecular weight excluding hydrogens is 352 g/mol. The van der Waals surface area contributed by atoms with Gasteiger partial charge in [0.2, 0.25) is 0 Å². The van der Waals surface area contributed by atoms with Crippen LogP contribution in [0.5, 0.6) is 5.75 Å². The molecular formula is C23H38N2O3. The summed E-state index contributed by atoms with van der Waals surface area (Å²) < 4.78 is 11.7. The molecule has 158 valence electrons. The fraction of sp³-hybridized carbons (Fsp3) is 0.696. The summed E-state index contributed by atoms with van der Waals surface area (Å²) in [5, 5.41) is 2.89. The van der Waals surface area contributed by atoms with Gasteiger partial charge in [0, 0.05) is 12.5 Å². The van der Waals surface area contributed by atoms with Gasteiger partial charge in [0.15, 0.2) is 0 Å². The highest BCUT2D eigenvalue weighted by molar-refractivity contribution is 5.86. The number of rotatable bonds is 11. The number of hydrogen-bond donors (Lipinski definition) is 1. The maximum absolute atomic E-state index is 12.5. The first-order chi connectivity index (χ1) is 13.6. The minimum atomic E-state index is -0.380. The second-order valence-corrected chi connectivity index (χ2v) is 8.13. The van der Waals surface area contributed by atoms with E-state index in [1.165, 1.54) is 32.1 Å². The van der Waals surface area contributed by atoms with Gasteiger partial charge in [-0.2, -0.15) is 0 Å². The van der Waals surface area contributed by atoms with E-state index in [0.717, 1.165) is 32.2 Å². The Kier molecular flexibility index (Phi) is 10.2. The zero-order valence-electron chi connectivity index (χ0n) is 17.9. The molecule has 0 saturated heterocycles. The highest BCUT2D eigenvalue weighted by atomic mass is 16.6. The minimum absolute atomic E-state index is 0.0113. The number of benzene rings is 1. The fourth-order valence-corrected chi connectivity index (χ4v) is 3.87. The van der Waals surface area contributed by atoms with Gasteiger partial charge in [-0.25, -0.2) is 4.79 Å². The molecule has 2 unspecified atom stereocenters. The molecule has 0 radical (unpaired) electrons. The molecule has 1 aliphatic carbocycles. The van der Waals surface area contributed by atoms with Crippen LogP contribution in [-0.4, -0.2) is 44.3 Å². The number of hydrogen-bond acceptors (Lipinski definition) is 4. The summed E-state index contributed by atoms with van der Waals surface area (Å²) in [6, 6.07) is 7.60. The SMILES string of the molecule is CCCCCCCOc1ccccc1NC(=O)OC1CCCCC1CN(C)C. The van der Waals surface area contributed by atoms with E-state index in [1.807, 2.05) is 24.3 Å². The van der Waals surface area contributed by atoms with Crippen molar-refractivity contribution in [3.8, 4) is 5.75 Å². The monoisotopic (exact) mass is 390 g/mol. The van der Waals surface area contributed by atoms with Crippen LogP contribution >= 0.6 is 0 Å². The molecule has 0 aromatic heterocycles. The molecule has 2 atom stereocenters. The predicted molar refractivity (Wildman–Crippen MR) is 115 cm³/mol. The normalized spacial score (nSPS) is 19.4. The topological polar surface area (TPSA) is 50.8 Å². The smallest absolute Gasteiger partial charge is 0.412 e. The summed E-state index contributed by atoms with van der Waals surface area (Å²) in [6.45, 7) is 3.84. The summed E-state index contributed by atoms with van der Waals surface area (Å²) in [5.41, 5.74) is 0.682. The minimum Gasteiger partial charge on any atom is -0.491 e. The summed E-state index contributed by atoms with van der Waals surface area (Å²) in [6.07, 6.45) is 10.0. The number of amides is 1. The van der Waals surface area contributed by atoms with E-state index in [-0.39, 0.29) is 12.2 Å². The Morgan fingerprint density at radius 1 is 1.11 bits per heavy atom. The molecule has 1 aromatic rings. The average molecular weight is 391 g/mol. The number of para-hydroxylation sites is 2. The Morgan fingerprint density at radius 3 is 2.64 bits per heavy atom. The van der Waals surface area contributed by atoms with E-state index in [1.54, 1.807) is 0 Å². The standard InChI is InChI=1S/C23H38N2O3/c1-4-5-6-7-12-17-27-22-16-11-9-14-20(22)24-23(26)28-21-15-10-8-13-19(21)18-25(2)3/h9,11,14,16,19,21H,4-8,10,12-13,15,17-18H2,1-3H3,(H,24,26). The van der Waals surface area contributed by atoms with Crippen LogP contribution in [0.2, 0.25) is 0 Å². The first kappa shape index (κ1) is 22.5. The van der Waals surface area contributed by atoms with E-state index in [0.29, 0.717) is 24.0 Å². The van der Waals surface area contributed by atoms with Gasteiger partial charge in [0.05, 0.1) is 12.3 Å². The highest BCUT2D eigenvalue weighted by Crippen LogP contribution is 2.29. The van der Waals surface area contributed by atoms with Crippen LogP contribution in [0.15, 0.2) is 24.3 Å². The molecule has 1 aromatic carbocycles. The largest absolute Gasteiger partial charge is 0.491 e. The molecule has 1 fully saturated rings. The van der Waals surface area contributed by atoms with Crippen molar-refractivity contribution in [1.82, 2.24) is 4.90 Å². The number of anilines is 1. The van der Waals surface area contributed by atoms with E-state index in [4.69, 9.17) is 9.47 Å². The number of carbonyl (C=O) groups is 1. The van der Waals surface area contributed by atoms with Crippen molar-refractivity contribution in [2.45, 2.75) is 70.8 Å². The Balaban J connectivity index is 1.84. The van der Waals surface area contributed by atoms with Crippen LogP contribution < -0.4 is 10.1 Å². The van der Waals surface area contributed by atoms with Crippen LogP contribution in [0.1, 0.15) is 64.7 Å². The highest BCUT2D eigenvalue weighted by Gasteiger charge is 2.29. The van der Waals surface area contributed by atoms with Crippen molar-refractivity contribution in [2.24, 2.45) is 5.92 Å². The molecule has 5 heteroatoms. The maximum atomic E-state index is 12.5. The van der Waals surface area contributed by atoms with Crippen molar-refractivity contribution >= 4 is 11.8 Å². The summed E-state index contributed by atoms with van der Waals surface area (Å²) >= 11 is 0. The van der Waals surface area contributed by atoms with Crippen molar-refractivity contribution in [1.29, 1.82) is 0 Å². The van der Waals surface area contributed by atoms with E-state index in [9.17, 15) is 4.79 Å². The molecule has 1 aliphatic rings. The fourth-order valence-electron chi connectivity index (χ4n) is 3.87. The average Bonchev–Trinajstić information content (AvgIpc) is 2.67. The molecule has 0 aliphatic heterocycles. The third-order valence-corrected chi connectivity index (χ3v) is 5.33. The summed E-state index contributed by atoms with van der Waals surface area (Å²) in [5.74, 6) is 1.12. The molecule has 5 nitrogen and oxygen atoms in total. The Labute approximate surface area is 170 Å². The van der Waals surface area contributed by atoms with Gasteiger partial charge >= 0.3 is 6.09 Å². The number of carbonyl (C=O) groups excluding carboxylic acids is 1. The second-order valence-electron chi connectivity index (χ2n) is 8.13. The van der Waals surface area contributed by atoms with Gasteiger partial charge < -0.3 is 14.4 Å². The van der Waals surface area contributed by atoms with E-state index in [2.05, 4.69) is 31.2 Å². The third-order valence-electron chi connectivity index (χ3n) is 5.33. The molecule has 2 rings (SSSR count). The van der Waals surface area contributed by atoms with Gasteiger partial charge in [-0.15, -0.1) is 0 Å². The molecule has 28 heavy (non-hydrogen) atoms. The van der Waals surface area contributed by atoms with Crippen LogP contribution in [0, 0.1) is 5.92 Å². The zero-order valence-corrected chi connectivity index (χ0v) is 17.9. The van der Waals surface area contributed by atoms with Gasteiger partial charge in [0.25, 0.3) is 0 Å². The maximum Gasteiger partial charge on any atom is 0.412 e. The number of nitrogens with one attached hydrogen (secondary N) is 1. The number of ether oxygens (including phenoxy) is 2. The summed E-state index contributed by atoms with van der Waals surface area (Å²) in [7, 11) is 4.14. The van der Waals surface area contributed by atoms with Crippen molar-refractivity contribution < 1.29 is 14.3 Å². The van der Waals surface area contributed by atoms with Crippen LogP contribution in [0.3, 0.4) is 0 Å². The lowest BCUT2D eigenvalue weighted by molar-refractivity contribution is 0.0357. The van der Waals surface area contributed by atoms with Crippen LogP contribution in [-0.2, 0) is 4.74 Å². The Hall–Kier alpha value is -1.75. The first-order valence-electron chi connectivity index (χ1n) is 10.9. The van der Waals surface area contributed by atoms with Gasteiger partial charge in [-0.05, 0) is 51.9 Å². The Morgan fingerprint density at radius 2 is 1.86 bits per heavy atom. The lowest BCUT2D eigenvalue weighted by atomic mass is 9.86. The lowest BCUT2D eigenvalue weighted by Crippen LogP contribution is -2.37. The molecule has 0 bridgehead atoms. The quantitative estimate of drug-likeness (QED) is 0.492. The number of unbranched alkanes of at least 4 members (excludes halogenated alkanes) is 4. The molecule has 1 saturated carbocycles.